The van der Waals surface area contributed by atoms with E-state index < -0.39 is 0 Å². The zero-order valence-corrected chi connectivity index (χ0v) is 11.8. The van der Waals surface area contributed by atoms with Gasteiger partial charge in [-0.05, 0) is 31.7 Å². The van der Waals surface area contributed by atoms with Crippen LogP contribution in [0, 0.1) is 11.8 Å². The second kappa shape index (κ2) is 7.80. The van der Waals surface area contributed by atoms with Crippen molar-refractivity contribution in [1.82, 2.24) is 4.90 Å². The highest BCUT2D eigenvalue weighted by atomic mass is 16.5. The van der Waals surface area contributed by atoms with Gasteiger partial charge in [0.25, 0.3) is 0 Å². The maximum atomic E-state index is 9.14. The molecule has 0 saturated heterocycles. The first-order chi connectivity index (χ1) is 9.12. The summed E-state index contributed by atoms with van der Waals surface area (Å²) < 4.78 is 5.27. The molecule has 4 heteroatoms. The molecule has 1 rings (SSSR count). The average Bonchev–Trinajstić information content (AvgIpc) is 2.44. The summed E-state index contributed by atoms with van der Waals surface area (Å²) in [4.78, 5) is 2.09. The number of nitrogens with zero attached hydrogens (tertiary/aromatic N) is 1. The second-order valence-electron chi connectivity index (χ2n) is 4.49. The number of aliphatic hydroxyl groups excluding tert-OH is 1. The number of hydrogen-bond acceptors (Lipinski definition) is 4. The number of aliphatic hydroxyl groups is 1. The maximum Gasteiger partial charge on any atom is 0.134 e. The Morgan fingerprint density at radius 3 is 2.79 bits per heavy atom. The van der Waals surface area contributed by atoms with Crippen LogP contribution < -0.4 is 10.5 Å². The SMILES string of the molecule is COc1ccc(CN(C)C(C)CO)cc1C#CCN. The van der Waals surface area contributed by atoms with Gasteiger partial charge in [0.15, 0.2) is 0 Å². The van der Waals surface area contributed by atoms with E-state index in [-0.39, 0.29) is 12.6 Å². The van der Waals surface area contributed by atoms with Crippen molar-refractivity contribution in [3.05, 3.63) is 29.3 Å². The Kier molecular flexibility index (Phi) is 6.37. The molecule has 0 aliphatic heterocycles. The minimum absolute atomic E-state index is 0.126. The Balaban J connectivity index is 2.92. The first-order valence-electron chi connectivity index (χ1n) is 6.29. The number of ether oxygens (including phenoxy) is 1. The highest BCUT2D eigenvalue weighted by molar-refractivity contribution is 5.48. The molecule has 0 saturated carbocycles. The molecule has 1 unspecified atom stereocenters. The molecular weight excluding hydrogens is 240 g/mol. The van der Waals surface area contributed by atoms with E-state index in [9.17, 15) is 0 Å². The van der Waals surface area contributed by atoms with E-state index in [1.165, 1.54) is 0 Å². The Labute approximate surface area is 115 Å². The molecule has 0 bridgehead atoms. The van der Waals surface area contributed by atoms with Crippen LogP contribution in [0.15, 0.2) is 18.2 Å². The average molecular weight is 262 g/mol. The summed E-state index contributed by atoms with van der Waals surface area (Å²) in [6, 6.07) is 6.04. The molecular formula is C15H22N2O2. The summed E-state index contributed by atoms with van der Waals surface area (Å²) in [7, 11) is 3.61. The van der Waals surface area contributed by atoms with Crippen molar-refractivity contribution in [2.45, 2.75) is 19.5 Å². The first-order valence-corrected chi connectivity index (χ1v) is 6.29. The van der Waals surface area contributed by atoms with Crippen molar-refractivity contribution in [3.8, 4) is 17.6 Å². The van der Waals surface area contributed by atoms with Crippen molar-refractivity contribution in [1.29, 1.82) is 0 Å². The lowest BCUT2D eigenvalue weighted by Gasteiger charge is -2.23. The van der Waals surface area contributed by atoms with Gasteiger partial charge in [0, 0.05) is 12.6 Å². The van der Waals surface area contributed by atoms with E-state index in [1.54, 1.807) is 7.11 Å². The van der Waals surface area contributed by atoms with E-state index in [2.05, 4.69) is 16.7 Å². The zero-order valence-electron chi connectivity index (χ0n) is 11.8. The third-order valence-electron chi connectivity index (χ3n) is 3.04. The van der Waals surface area contributed by atoms with E-state index in [0.29, 0.717) is 6.54 Å². The molecule has 0 aliphatic carbocycles. The van der Waals surface area contributed by atoms with Gasteiger partial charge in [0.1, 0.15) is 5.75 Å². The van der Waals surface area contributed by atoms with Gasteiger partial charge in [-0.25, -0.2) is 0 Å². The summed E-state index contributed by atoms with van der Waals surface area (Å²) in [6.45, 7) is 3.21. The molecule has 0 aliphatic rings. The number of rotatable bonds is 5. The van der Waals surface area contributed by atoms with Gasteiger partial charge < -0.3 is 15.6 Å². The van der Waals surface area contributed by atoms with Crippen LogP contribution >= 0.6 is 0 Å². The molecule has 3 N–H and O–H groups in total. The van der Waals surface area contributed by atoms with E-state index in [4.69, 9.17) is 15.6 Å². The second-order valence-corrected chi connectivity index (χ2v) is 4.49. The topological polar surface area (TPSA) is 58.7 Å². The molecule has 0 amide bonds. The normalized spacial score (nSPS) is 11.9. The fraction of sp³-hybridized carbons (Fsp3) is 0.467. The van der Waals surface area contributed by atoms with Crippen molar-refractivity contribution in [2.75, 3.05) is 27.3 Å². The molecule has 0 radical (unpaired) electrons. The fourth-order valence-electron chi connectivity index (χ4n) is 1.68. The molecule has 1 atom stereocenters. The number of nitrogens with two attached hydrogens (primary N) is 1. The van der Waals surface area contributed by atoms with E-state index in [1.807, 2.05) is 32.2 Å². The summed E-state index contributed by atoms with van der Waals surface area (Å²) in [5.41, 5.74) is 7.37. The van der Waals surface area contributed by atoms with E-state index >= 15 is 0 Å². The van der Waals surface area contributed by atoms with Crippen LogP contribution in [0.4, 0.5) is 0 Å². The minimum Gasteiger partial charge on any atom is -0.495 e. The largest absolute Gasteiger partial charge is 0.495 e. The first kappa shape index (κ1) is 15.5. The van der Waals surface area contributed by atoms with Crippen LogP contribution in [0.5, 0.6) is 5.75 Å². The predicted molar refractivity (Wildman–Crippen MR) is 76.9 cm³/mol. The van der Waals surface area contributed by atoms with Crippen molar-refractivity contribution in [3.63, 3.8) is 0 Å². The number of benzene rings is 1. The van der Waals surface area contributed by atoms with Gasteiger partial charge in [-0.3, -0.25) is 4.90 Å². The van der Waals surface area contributed by atoms with Gasteiger partial charge in [-0.1, -0.05) is 17.9 Å². The Morgan fingerprint density at radius 2 is 2.21 bits per heavy atom. The van der Waals surface area contributed by atoms with Crippen molar-refractivity contribution >= 4 is 0 Å². The molecule has 0 heterocycles. The van der Waals surface area contributed by atoms with Gasteiger partial charge >= 0.3 is 0 Å². The van der Waals surface area contributed by atoms with Crippen molar-refractivity contribution in [2.24, 2.45) is 5.73 Å². The van der Waals surface area contributed by atoms with Gasteiger partial charge in [0.2, 0.25) is 0 Å². The van der Waals surface area contributed by atoms with Gasteiger partial charge in [-0.15, -0.1) is 0 Å². The van der Waals surface area contributed by atoms with Crippen LogP contribution in [0.25, 0.3) is 0 Å². The fourth-order valence-corrected chi connectivity index (χ4v) is 1.68. The molecule has 104 valence electrons. The van der Waals surface area contributed by atoms with Gasteiger partial charge in [-0.2, -0.15) is 0 Å². The molecule has 0 fully saturated rings. The van der Waals surface area contributed by atoms with Crippen LogP contribution in [0.2, 0.25) is 0 Å². The van der Waals surface area contributed by atoms with Crippen LogP contribution in [-0.4, -0.2) is 43.4 Å². The third-order valence-corrected chi connectivity index (χ3v) is 3.04. The highest BCUT2D eigenvalue weighted by Gasteiger charge is 2.09. The number of methoxy groups -OCH3 is 1. The lowest BCUT2D eigenvalue weighted by atomic mass is 10.1. The standard InChI is InChI=1S/C15H22N2O2/c1-12(11-18)17(2)10-13-6-7-15(19-3)14(9-13)5-4-8-16/h6-7,9,12,18H,8,10-11,16H2,1-3H3. The molecule has 19 heavy (non-hydrogen) atoms. The Morgan fingerprint density at radius 1 is 1.47 bits per heavy atom. The summed E-state index contributed by atoms with van der Waals surface area (Å²) in [6.07, 6.45) is 0. The quantitative estimate of drug-likeness (QED) is 0.771. The predicted octanol–water partition coefficient (Wildman–Crippen LogP) is 0.818. The van der Waals surface area contributed by atoms with Crippen LogP contribution in [-0.2, 0) is 6.54 Å². The summed E-state index contributed by atoms with van der Waals surface area (Å²) >= 11 is 0. The van der Waals surface area contributed by atoms with Gasteiger partial charge in [0.05, 0.1) is 25.8 Å². The van der Waals surface area contributed by atoms with E-state index in [0.717, 1.165) is 23.4 Å². The smallest absolute Gasteiger partial charge is 0.134 e. The lowest BCUT2D eigenvalue weighted by Crippen LogP contribution is -2.31. The monoisotopic (exact) mass is 262 g/mol. The lowest BCUT2D eigenvalue weighted by molar-refractivity contribution is 0.154. The van der Waals surface area contributed by atoms with Crippen LogP contribution in [0.1, 0.15) is 18.1 Å². The van der Waals surface area contributed by atoms with Crippen LogP contribution in [0.3, 0.4) is 0 Å². The molecule has 4 nitrogen and oxygen atoms in total. The molecule has 0 spiro atoms. The Hall–Kier alpha value is -1.54. The highest BCUT2D eigenvalue weighted by Crippen LogP contribution is 2.20. The molecule has 0 aromatic heterocycles. The minimum atomic E-state index is 0.126. The van der Waals surface area contributed by atoms with Crippen molar-refractivity contribution < 1.29 is 9.84 Å². The maximum absolute atomic E-state index is 9.14. The zero-order chi connectivity index (χ0) is 14.3. The molecule has 1 aromatic rings. The summed E-state index contributed by atoms with van der Waals surface area (Å²) in [5.74, 6) is 6.60. The third kappa shape index (κ3) is 4.56. The number of likely N-dealkylation sites (N-methyl/N-ethyl adjacent to an activating group) is 1. The number of hydrogen-bond donors (Lipinski definition) is 2. The summed E-state index contributed by atoms with van der Waals surface area (Å²) in [5, 5.41) is 9.14. The molecule has 1 aromatic carbocycles. The Bertz CT molecular complexity index is 463.